The van der Waals surface area contributed by atoms with E-state index in [1.165, 1.54) is 25.7 Å². The summed E-state index contributed by atoms with van der Waals surface area (Å²) in [5, 5.41) is 9.23. The molecule has 3 nitrogen and oxygen atoms in total. The van der Waals surface area contributed by atoms with Crippen LogP contribution in [0.25, 0.3) is 0 Å². The summed E-state index contributed by atoms with van der Waals surface area (Å²) in [7, 11) is 0. The number of aromatic nitrogens is 2. The van der Waals surface area contributed by atoms with Crippen molar-refractivity contribution in [1.29, 1.82) is 0 Å². The molecule has 1 atom stereocenters. The molecule has 1 N–H and O–H groups in total. The minimum Gasteiger partial charge on any atom is -0.389 e. The van der Waals surface area contributed by atoms with E-state index in [2.05, 4.69) is 24.0 Å². The Morgan fingerprint density at radius 3 is 2.80 bits per heavy atom. The van der Waals surface area contributed by atoms with Crippen LogP contribution >= 0.6 is 0 Å². The summed E-state index contributed by atoms with van der Waals surface area (Å²) in [5.74, 6) is 0. The van der Waals surface area contributed by atoms with Gasteiger partial charge in [-0.1, -0.05) is 19.8 Å². The van der Waals surface area contributed by atoms with E-state index in [1.54, 1.807) is 0 Å². The number of nitrogens with zero attached hydrogens (tertiary/aromatic N) is 2. The van der Waals surface area contributed by atoms with Crippen LogP contribution in [0.5, 0.6) is 0 Å². The molecule has 0 fully saturated rings. The average Bonchev–Trinajstić information content (AvgIpc) is 2.59. The van der Waals surface area contributed by atoms with Crippen LogP contribution in [0.3, 0.4) is 0 Å². The first-order valence-corrected chi connectivity index (χ1v) is 5.95. The molecule has 0 bridgehead atoms. The van der Waals surface area contributed by atoms with Gasteiger partial charge in [0.2, 0.25) is 6.33 Å². The summed E-state index contributed by atoms with van der Waals surface area (Å²) < 4.78 is 4.22. The van der Waals surface area contributed by atoms with E-state index in [-0.39, 0.29) is 6.10 Å². The maximum Gasteiger partial charge on any atom is 0.243 e. The van der Waals surface area contributed by atoms with Crippen molar-refractivity contribution < 1.29 is 9.67 Å². The molecule has 0 amide bonds. The molecule has 0 saturated heterocycles. The molecule has 0 aliphatic rings. The largest absolute Gasteiger partial charge is 0.389 e. The molecule has 0 aliphatic heterocycles. The zero-order chi connectivity index (χ0) is 11.1. The molecule has 1 aromatic rings. The topological polar surface area (TPSA) is 29.0 Å². The van der Waals surface area contributed by atoms with Gasteiger partial charge in [-0.3, -0.25) is 0 Å². The van der Waals surface area contributed by atoms with Crippen LogP contribution < -0.4 is 4.57 Å². The molecule has 0 aromatic carbocycles. The van der Waals surface area contributed by atoms with Gasteiger partial charge < -0.3 is 5.11 Å². The summed E-state index contributed by atoms with van der Waals surface area (Å²) >= 11 is 0. The maximum absolute atomic E-state index is 9.23. The van der Waals surface area contributed by atoms with Gasteiger partial charge in [0.1, 0.15) is 18.9 Å². The van der Waals surface area contributed by atoms with Crippen molar-refractivity contribution in [3.8, 4) is 0 Å². The van der Waals surface area contributed by atoms with E-state index in [4.69, 9.17) is 0 Å². The number of hydrogen-bond acceptors (Lipinski definition) is 1. The number of rotatable bonds is 7. The smallest absolute Gasteiger partial charge is 0.243 e. The highest BCUT2D eigenvalue weighted by Crippen LogP contribution is 2.00. The second kappa shape index (κ2) is 6.62. The molecule has 15 heavy (non-hydrogen) atoms. The molecule has 1 aromatic heterocycles. The first-order chi connectivity index (χ1) is 7.22. The molecule has 0 saturated carbocycles. The van der Waals surface area contributed by atoms with Crippen molar-refractivity contribution in [3.05, 3.63) is 18.7 Å². The standard InChI is InChI=1S/C12H23N2O/c1-3-4-5-6-7-13-8-9-14(11-13)10-12(2)15/h8-9,11-12,15H,3-7,10H2,1-2H3/q+1. The quantitative estimate of drug-likeness (QED) is 0.540. The molecule has 1 unspecified atom stereocenters. The van der Waals surface area contributed by atoms with Crippen LogP contribution in [-0.2, 0) is 13.1 Å². The fourth-order valence-corrected chi connectivity index (χ4v) is 1.71. The second-order valence-corrected chi connectivity index (χ2v) is 4.26. The summed E-state index contributed by atoms with van der Waals surface area (Å²) in [6.07, 6.45) is 11.1. The molecule has 0 radical (unpaired) electrons. The van der Waals surface area contributed by atoms with E-state index in [0.717, 1.165) is 6.54 Å². The minimum atomic E-state index is -0.272. The Hall–Kier alpha value is -0.830. The Balaban J connectivity index is 2.26. The Kier molecular flexibility index (Phi) is 5.40. The Labute approximate surface area is 92.4 Å². The van der Waals surface area contributed by atoms with Crippen LogP contribution in [0, 0.1) is 0 Å². The summed E-state index contributed by atoms with van der Waals surface area (Å²) in [4.78, 5) is 0. The van der Waals surface area contributed by atoms with Crippen LogP contribution in [0.1, 0.15) is 39.5 Å². The van der Waals surface area contributed by atoms with Crippen molar-refractivity contribution in [2.24, 2.45) is 0 Å². The van der Waals surface area contributed by atoms with E-state index in [9.17, 15) is 5.11 Å². The summed E-state index contributed by atoms with van der Waals surface area (Å²) in [6, 6.07) is 0. The van der Waals surface area contributed by atoms with Crippen molar-refractivity contribution in [3.63, 3.8) is 0 Å². The summed E-state index contributed by atoms with van der Waals surface area (Å²) in [5.41, 5.74) is 0. The van der Waals surface area contributed by atoms with Gasteiger partial charge in [0.05, 0.1) is 12.6 Å². The van der Waals surface area contributed by atoms with E-state index in [1.807, 2.05) is 17.7 Å². The highest BCUT2D eigenvalue weighted by Gasteiger charge is 2.05. The Morgan fingerprint density at radius 1 is 1.33 bits per heavy atom. The Bertz CT molecular complexity index is 268. The monoisotopic (exact) mass is 211 g/mol. The van der Waals surface area contributed by atoms with Crippen molar-refractivity contribution >= 4 is 0 Å². The third-order valence-electron chi connectivity index (χ3n) is 2.49. The van der Waals surface area contributed by atoms with Gasteiger partial charge in [-0.25, -0.2) is 9.13 Å². The third kappa shape index (κ3) is 4.98. The third-order valence-corrected chi connectivity index (χ3v) is 2.49. The lowest BCUT2D eigenvalue weighted by molar-refractivity contribution is -0.702. The van der Waals surface area contributed by atoms with Gasteiger partial charge in [-0.05, 0) is 19.8 Å². The van der Waals surface area contributed by atoms with Crippen molar-refractivity contribution in [2.75, 3.05) is 0 Å². The lowest BCUT2D eigenvalue weighted by atomic mass is 10.2. The molecule has 1 heterocycles. The fourth-order valence-electron chi connectivity index (χ4n) is 1.71. The number of hydrogen-bond donors (Lipinski definition) is 1. The zero-order valence-electron chi connectivity index (χ0n) is 9.89. The number of aryl methyl sites for hydroxylation is 1. The van der Waals surface area contributed by atoms with Crippen LogP contribution in [0.15, 0.2) is 18.7 Å². The molecule has 0 spiro atoms. The first kappa shape index (κ1) is 12.2. The van der Waals surface area contributed by atoms with Gasteiger partial charge in [0.25, 0.3) is 0 Å². The molecule has 3 heteroatoms. The average molecular weight is 211 g/mol. The van der Waals surface area contributed by atoms with Crippen LogP contribution in [0.2, 0.25) is 0 Å². The van der Waals surface area contributed by atoms with Gasteiger partial charge in [0, 0.05) is 0 Å². The second-order valence-electron chi connectivity index (χ2n) is 4.26. The fraction of sp³-hybridized carbons (Fsp3) is 0.750. The molecule has 0 aliphatic carbocycles. The van der Waals surface area contributed by atoms with E-state index >= 15 is 0 Å². The van der Waals surface area contributed by atoms with Gasteiger partial charge >= 0.3 is 0 Å². The highest BCUT2D eigenvalue weighted by atomic mass is 16.3. The SMILES string of the molecule is CCCCCCn1cc[n+](CC(C)O)c1. The minimum absolute atomic E-state index is 0.272. The predicted molar refractivity (Wildman–Crippen MR) is 60.4 cm³/mol. The van der Waals surface area contributed by atoms with E-state index < -0.39 is 0 Å². The molecular formula is C12H23N2O+. The van der Waals surface area contributed by atoms with Crippen molar-refractivity contribution in [1.82, 2.24) is 4.57 Å². The molecular weight excluding hydrogens is 188 g/mol. The maximum atomic E-state index is 9.23. The van der Waals surface area contributed by atoms with Gasteiger partial charge in [-0.2, -0.15) is 0 Å². The highest BCUT2D eigenvalue weighted by molar-refractivity contribution is 4.66. The van der Waals surface area contributed by atoms with Crippen molar-refractivity contribution in [2.45, 2.75) is 58.7 Å². The van der Waals surface area contributed by atoms with Gasteiger partial charge in [-0.15, -0.1) is 0 Å². The van der Waals surface area contributed by atoms with Crippen LogP contribution in [0.4, 0.5) is 0 Å². The van der Waals surface area contributed by atoms with Crippen LogP contribution in [-0.4, -0.2) is 15.8 Å². The predicted octanol–water partition coefficient (Wildman–Crippen LogP) is 1.74. The zero-order valence-corrected chi connectivity index (χ0v) is 9.89. The first-order valence-electron chi connectivity index (χ1n) is 5.95. The number of unbranched alkanes of at least 4 members (excludes halogenated alkanes) is 3. The number of aliphatic hydroxyl groups is 1. The molecule has 1 rings (SSSR count). The lowest BCUT2D eigenvalue weighted by Gasteiger charge is -1.99. The Morgan fingerprint density at radius 2 is 2.13 bits per heavy atom. The van der Waals surface area contributed by atoms with E-state index in [0.29, 0.717) is 6.54 Å². The van der Waals surface area contributed by atoms with Gasteiger partial charge in [0.15, 0.2) is 0 Å². The number of imidazole rings is 1. The molecule has 86 valence electrons. The summed E-state index contributed by atoms with van der Waals surface area (Å²) in [6.45, 7) is 5.81. The number of aliphatic hydroxyl groups excluding tert-OH is 1. The normalized spacial score (nSPS) is 13.0. The lowest BCUT2D eigenvalue weighted by Crippen LogP contribution is -2.36.